The monoisotopic (exact) mass is 319 g/mol. The number of esters is 1. The topological polar surface area (TPSA) is 59.4 Å². The number of methoxy groups -OCH3 is 1. The van der Waals surface area contributed by atoms with Crippen molar-refractivity contribution >= 4 is 5.97 Å². The van der Waals surface area contributed by atoms with Crippen LogP contribution in [0, 0.1) is 29.1 Å². The molecule has 22 heavy (non-hydrogen) atoms. The van der Waals surface area contributed by atoms with E-state index in [2.05, 4.69) is 9.72 Å². The number of aromatic hydroxyl groups is 1. The van der Waals surface area contributed by atoms with Crippen LogP contribution in [0.15, 0.2) is 12.4 Å². The molecule has 0 aliphatic carbocycles. The van der Waals surface area contributed by atoms with Gasteiger partial charge in [-0.25, -0.2) is 26.7 Å². The van der Waals surface area contributed by atoms with Gasteiger partial charge in [0.1, 0.15) is 11.3 Å². The highest BCUT2D eigenvalue weighted by Crippen LogP contribution is 2.36. The smallest absolute Gasteiger partial charge is 0.342 e. The van der Waals surface area contributed by atoms with Gasteiger partial charge in [-0.3, -0.25) is 4.98 Å². The molecule has 0 bridgehead atoms. The van der Waals surface area contributed by atoms with Gasteiger partial charge in [0.05, 0.1) is 18.9 Å². The van der Waals surface area contributed by atoms with Gasteiger partial charge in [-0.1, -0.05) is 0 Å². The maximum Gasteiger partial charge on any atom is 0.342 e. The Morgan fingerprint density at radius 1 is 1.00 bits per heavy atom. The van der Waals surface area contributed by atoms with Crippen molar-refractivity contribution in [2.24, 2.45) is 0 Å². The summed E-state index contributed by atoms with van der Waals surface area (Å²) in [6.45, 7) is 0. The number of rotatable bonds is 2. The SMILES string of the molecule is COC(=O)c1c(O)cncc1-c1c(F)c(F)c(F)c(F)c1F. The zero-order valence-corrected chi connectivity index (χ0v) is 10.8. The first-order valence-electron chi connectivity index (χ1n) is 5.58. The number of carbonyl (C=O) groups is 1. The van der Waals surface area contributed by atoms with Gasteiger partial charge >= 0.3 is 5.97 Å². The van der Waals surface area contributed by atoms with E-state index < -0.39 is 57.5 Å². The maximum absolute atomic E-state index is 13.8. The number of benzene rings is 1. The van der Waals surface area contributed by atoms with Crippen LogP contribution in [-0.2, 0) is 4.74 Å². The van der Waals surface area contributed by atoms with E-state index in [-0.39, 0.29) is 0 Å². The highest BCUT2D eigenvalue weighted by atomic mass is 19.2. The van der Waals surface area contributed by atoms with Crippen LogP contribution in [0.2, 0.25) is 0 Å². The molecule has 1 N–H and O–H groups in total. The summed E-state index contributed by atoms with van der Waals surface area (Å²) in [5.74, 6) is -13.1. The van der Waals surface area contributed by atoms with Gasteiger partial charge in [-0.2, -0.15) is 0 Å². The third-order valence-corrected chi connectivity index (χ3v) is 2.79. The molecule has 0 aliphatic rings. The molecule has 0 atom stereocenters. The van der Waals surface area contributed by atoms with Crippen molar-refractivity contribution in [1.29, 1.82) is 0 Å². The summed E-state index contributed by atoms with van der Waals surface area (Å²) in [5, 5.41) is 9.56. The van der Waals surface area contributed by atoms with E-state index in [0.29, 0.717) is 6.20 Å². The second-order valence-corrected chi connectivity index (χ2v) is 4.02. The number of carbonyl (C=O) groups excluding carboxylic acids is 1. The fourth-order valence-electron chi connectivity index (χ4n) is 1.80. The van der Waals surface area contributed by atoms with Crippen LogP contribution in [0.3, 0.4) is 0 Å². The fraction of sp³-hybridized carbons (Fsp3) is 0.0769. The molecule has 1 aromatic carbocycles. The van der Waals surface area contributed by atoms with Gasteiger partial charge in [0.2, 0.25) is 5.82 Å². The minimum Gasteiger partial charge on any atom is -0.505 e. The quantitative estimate of drug-likeness (QED) is 0.400. The van der Waals surface area contributed by atoms with E-state index in [1.165, 1.54) is 0 Å². The molecule has 2 aromatic rings. The number of hydrogen-bond acceptors (Lipinski definition) is 4. The number of halogens is 5. The first-order valence-corrected chi connectivity index (χ1v) is 5.58. The minimum absolute atomic E-state index is 0.671. The minimum atomic E-state index is -2.34. The summed E-state index contributed by atoms with van der Waals surface area (Å²) >= 11 is 0. The number of nitrogens with zero attached hydrogens (tertiary/aromatic N) is 1. The van der Waals surface area contributed by atoms with Gasteiger partial charge in [-0.15, -0.1) is 0 Å². The van der Waals surface area contributed by atoms with E-state index in [4.69, 9.17) is 0 Å². The van der Waals surface area contributed by atoms with Crippen LogP contribution < -0.4 is 0 Å². The molecule has 0 spiro atoms. The molecule has 1 aromatic heterocycles. The maximum atomic E-state index is 13.8. The third kappa shape index (κ3) is 2.24. The molecule has 0 aliphatic heterocycles. The summed E-state index contributed by atoms with van der Waals surface area (Å²) in [7, 11) is 0.907. The third-order valence-electron chi connectivity index (χ3n) is 2.79. The fourth-order valence-corrected chi connectivity index (χ4v) is 1.80. The molecular weight excluding hydrogens is 313 g/mol. The standard InChI is InChI=1S/C13H6F5NO3/c1-22-13(21)6-4(2-19-3-5(6)20)7-8(14)10(16)12(18)11(17)9(7)15/h2-3,20H,1H3. The van der Waals surface area contributed by atoms with Crippen LogP contribution in [-0.4, -0.2) is 23.2 Å². The van der Waals surface area contributed by atoms with Crippen molar-refractivity contribution in [3.05, 3.63) is 47.0 Å². The second kappa shape index (κ2) is 5.58. The van der Waals surface area contributed by atoms with Crippen LogP contribution in [0.25, 0.3) is 11.1 Å². The Hall–Kier alpha value is -2.71. The molecule has 0 radical (unpaired) electrons. The number of hydrogen-bond donors (Lipinski definition) is 1. The zero-order valence-electron chi connectivity index (χ0n) is 10.8. The predicted molar refractivity (Wildman–Crippen MR) is 62.5 cm³/mol. The summed E-state index contributed by atoms with van der Waals surface area (Å²) in [6.07, 6.45) is 1.42. The van der Waals surface area contributed by atoms with Crippen LogP contribution >= 0.6 is 0 Å². The molecule has 116 valence electrons. The van der Waals surface area contributed by atoms with Crippen LogP contribution in [0.1, 0.15) is 10.4 Å². The Kier molecular flexibility index (Phi) is 3.98. The van der Waals surface area contributed by atoms with Crippen molar-refractivity contribution < 1.29 is 36.6 Å². The van der Waals surface area contributed by atoms with Crippen molar-refractivity contribution in [2.75, 3.05) is 7.11 Å². The normalized spacial score (nSPS) is 10.6. The Morgan fingerprint density at radius 3 is 2.00 bits per heavy atom. The molecule has 0 saturated carbocycles. The first kappa shape index (κ1) is 15.7. The second-order valence-electron chi connectivity index (χ2n) is 4.02. The summed E-state index contributed by atoms with van der Waals surface area (Å²) in [5.41, 5.74) is -2.96. The highest BCUT2D eigenvalue weighted by molar-refractivity contribution is 5.99. The molecule has 1 heterocycles. The molecule has 4 nitrogen and oxygen atoms in total. The average molecular weight is 319 g/mol. The largest absolute Gasteiger partial charge is 0.505 e. The summed E-state index contributed by atoms with van der Waals surface area (Å²) < 4.78 is 71.4. The highest BCUT2D eigenvalue weighted by Gasteiger charge is 2.30. The lowest BCUT2D eigenvalue weighted by Gasteiger charge is -2.12. The van der Waals surface area contributed by atoms with Crippen molar-refractivity contribution in [1.82, 2.24) is 4.98 Å². The molecular formula is C13H6F5NO3. The summed E-state index contributed by atoms with van der Waals surface area (Å²) in [6, 6.07) is 0. The first-order chi connectivity index (χ1) is 10.3. The van der Waals surface area contributed by atoms with E-state index in [9.17, 15) is 31.9 Å². The molecule has 0 unspecified atom stereocenters. The number of ether oxygens (including phenoxy) is 1. The lowest BCUT2D eigenvalue weighted by molar-refractivity contribution is 0.0598. The lowest BCUT2D eigenvalue weighted by atomic mass is 9.99. The van der Waals surface area contributed by atoms with Crippen LogP contribution in [0.5, 0.6) is 5.75 Å². The van der Waals surface area contributed by atoms with Gasteiger partial charge in [0.15, 0.2) is 23.3 Å². The van der Waals surface area contributed by atoms with Crippen molar-refractivity contribution in [3.8, 4) is 16.9 Å². The van der Waals surface area contributed by atoms with Gasteiger partial charge < -0.3 is 9.84 Å². The molecule has 0 fully saturated rings. The average Bonchev–Trinajstić information content (AvgIpc) is 2.50. The van der Waals surface area contributed by atoms with E-state index in [1.54, 1.807) is 0 Å². The van der Waals surface area contributed by atoms with Gasteiger partial charge in [-0.05, 0) is 0 Å². The number of aromatic nitrogens is 1. The van der Waals surface area contributed by atoms with Crippen molar-refractivity contribution in [3.63, 3.8) is 0 Å². The van der Waals surface area contributed by atoms with Crippen molar-refractivity contribution in [2.45, 2.75) is 0 Å². The molecule has 0 saturated heterocycles. The van der Waals surface area contributed by atoms with E-state index >= 15 is 0 Å². The Balaban J connectivity index is 2.90. The lowest BCUT2D eigenvalue weighted by Crippen LogP contribution is -2.09. The molecule has 2 rings (SSSR count). The predicted octanol–water partition coefficient (Wildman–Crippen LogP) is 2.94. The van der Waals surface area contributed by atoms with Crippen LogP contribution in [0.4, 0.5) is 22.0 Å². The molecule has 9 heteroatoms. The Morgan fingerprint density at radius 2 is 1.50 bits per heavy atom. The van der Waals surface area contributed by atoms with Gasteiger partial charge in [0.25, 0.3) is 0 Å². The summed E-state index contributed by atoms with van der Waals surface area (Å²) in [4.78, 5) is 14.9. The van der Waals surface area contributed by atoms with Gasteiger partial charge in [0, 0.05) is 11.8 Å². The zero-order chi connectivity index (χ0) is 16.6. The molecule has 0 amide bonds. The van der Waals surface area contributed by atoms with E-state index in [0.717, 1.165) is 13.3 Å². The Bertz CT molecular complexity index is 750. The van der Waals surface area contributed by atoms with E-state index in [1.807, 2.05) is 0 Å². The Labute approximate surface area is 119 Å². The number of pyridine rings is 1.